The minimum atomic E-state index is 0.434. The molecule has 2 unspecified atom stereocenters. The van der Waals surface area contributed by atoms with Crippen LogP contribution >= 0.6 is 0 Å². The Bertz CT molecular complexity index is 443. The normalized spacial score (nSPS) is 25.2. The Kier molecular flexibility index (Phi) is 5.28. The molecule has 0 saturated carbocycles. The topological polar surface area (TPSA) is 24.5 Å². The van der Waals surface area contributed by atoms with Crippen LogP contribution in [0.1, 0.15) is 49.8 Å². The number of ether oxygens (including phenoxy) is 1. The average Bonchev–Trinajstić information content (AvgIpc) is 3.04. The molecule has 0 spiro atoms. The van der Waals surface area contributed by atoms with Crippen molar-refractivity contribution in [3.05, 3.63) is 35.4 Å². The molecule has 2 aliphatic heterocycles. The lowest BCUT2D eigenvalue weighted by molar-refractivity contribution is 0.0285. The lowest BCUT2D eigenvalue weighted by Crippen LogP contribution is -2.42. The molecule has 1 N–H and O–H groups in total. The van der Waals surface area contributed by atoms with Gasteiger partial charge in [-0.25, -0.2) is 0 Å². The van der Waals surface area contributed by atoms with E-state index in [1.807, 2.05) is 0 Å². The summed E-state index contributed by atoms with van der Waals surface area (Å²) in [4.78, 5) is 2.66. The number of hydrogen-bond acceptors (Lipinski definition) is 3. The van der Waals surface area contributed by atoms with Gasteiger partial charge in [-0.3, -0.25) is 4.90 Å². The molecule has 0 amide bonds. The maximum Gasteiger partial charge on any atom is 0.0721 e. The van der Waals surface area contributed by atoms with Crippen LogP contribution in [0, 0.1) is 0 Å². The Labute approximate surface area is 128 Å². The Hall–Kier alpha value is -0.900. The number of benzene rings is 1. The third-order valence-electron chi connectivity index (χ3n) is 4.80. The van der Waals surface area contributed by atoms with Crippen LogP contribution in [-0.2, 0) is 11.3 Å². The first-order valence-corrected chi connectivity index (χ1v) is 8.51. The fourth-order valence-electron chi connectivity index (χ4n) is 3.59. The van der Waals surface area contributed by atoms with Crippen LogP contribution in [0.2, 0.25) is 0 Å². The standard InChI is InChI=1S/C18H28N2O/c1-2-3-11-20(12-16-8-6-10-19-16)18-14-21-13-15-7-4-5-9-17(15)18/h4-5,7,9,16,18-19H,2-3,6,8,10-14H2,1H3. The van der Waals surface area contributed by atoms with Gasteiger partial charge in [-0.15, -0.1) is 0 Å². The number of nitrogens with one attached hydrogen (secondary N) is 1. The van der Waals surface area contributed by atoms with Gasteiger partial charge in [0.05, 0.1) is 19.3 Å². The molecule has 1 saturated heterocycles. The van der Waals surface area contributed by atoms with Crippen LogP contribution < -0.4 is 5.32 Å². The highest BCUT2D eigenvalue weighted by atomic mass is 16.5. The maximum atomic E-state index is 5.87. The van der Waals surface area contributed by atoms with Crippen LogP contribution in [0.3, 0.4) is 0 Å². The number of nitrogens with zero attached hydrogens (tertiary/aromatic N) is 1. The van der Waals surface area contributed by atoms with Crippen molar-refractivity contribution in [1.29, 1.82) is 0 Å². The molecular formula is C18H28N2O. The fourth-order valence-corrected chi connectivity index (χ4v) is 3.59. The second kappa shape index (κ2) is 7.39. The highest BCUT2D eigenvalue weighted by molar-refractivity contribution is 5.31. The van der Waals surface area contributed by atoms with E-state index >= 15 is 0 Å². The predicted octanol–water partition coefficient (Wildman–Crippen LogP) is 3.11. The molecule has 116 valence electrons. The Morgan fingerprint density at radius 1 is 1.33 bits per heavy atom. The van der Waals surface area contributed by atoms with Crippen molar-refractivity contribution in [2.45, 2.75) is 51.3 Å². The van der Waals surface area contributed by atoms with Gasteiger partial charge >= 0.3 is 0 Å². The first-order valence-electron chi connectivity index (χ1n) is 8.51. The van der Waals surface area contributed by atoms with Crippen LogP contribution in [0.25, 0.3) is 0 Å². The van der Waals surface area contributed by atoms with E-state index in [-0.39, 0.29) is 0 Å². The summed E-state index contributed by atoms with van der Waals surface area (Å²) in [6.07, 6.45) is 5.16. The van der Waals surface area contributed by atoms with Crippen molar-refractivity contribution < 1.29 is 4.74 Å². The molecule has 0 aromatic heterocycles. The first-order chi connectivity index (χ1) is 10.4. The third-order valence-corrected chi connectivity index (χ3v) is 4.80. The van der Waals surface area contributed by atoms with Crippen molar-refractivity contribution in [3.63, 3.8) is 0 Å². The summed E-state index contributed by atoms with van der Waals surface area (Å²) in [6.45, 7) is 7.41. The third kappa shape index (κ3) is 3.65. The Balaban J connectivity index is 1.75. The van der Waals surface area contributed by atoms with Gasteiger partial charge in [0.25, 0.3) is 0 Å². The smallest absolute Gasteiger partial charge is 0.0721 e. The molecule has 3 nitrogen and oxygen atoms in total. The van der Waals surface area contributed by atoms with Crippen LogP contribution in [0.4, 0.5) is 0 Å². The van der Waals surface area contributed by atoms with Gasteiger partial charge < -0.3 is 10.1 Å². The highest BCUT2D eigenvalue weighted by Gasteiger charge is 2.28. The fraction of sp³-hybridized carbons (Fsp3) is 0.667. The Morgan fingerprint density at radius 2 is 2.24 bits per heavy atom. The van der Waals surface area contributed by atoms with Gasteiger partial charge in [-0.2, -0.15) is 0 Å². The summed E-state index contributed by atoms with van der Waals surface area (Å²) in [6, 6.07) is 9.90. The van der Waals surface area contributed by atoms with Crippen molar-refractivity contribution in [3.8, 4) is 0 Å². The van der Waals surface area contributed by atoms with Gasteiger partial charge in [0, 0.05) is 12.6 Å². The molecule has 2 heterocycles. The first kappa shape index (κ1) is 15.0. The van der Waals surface area contributed by atoms with E-state index in [0.29, 0.717) is 12.1 Å². The minimum absolute atomic E-state index is 0.434. The van der Waals surface area contributed by atoms with Crippen molar-refractivity contribution in [2.24, 2.45) is 0 Å². The number of rotatable bonds is 6. The second-order valence-corrected chi connectivity index (χ2v) is 6.37. The average molecular weight is 288 g/mol. The summed E-state index contributed by atoms with van der Waals surface area (Å²) >= 11 is 0. The molecule has 3 heteroatoms. The van der Waals surface area contributed by atoms with Crippen molar-refractivity contribution in [1.82, 2.24) is 10.2 Å². The van der Waals surface area contributed by atoms with Crippen LogP contribution in [0.15, 0.2) is 24.3 Å². The monoisotopic (exact) mass is 288 g/mol. The van der Waals surface area contributed by atoms with E-state index in [1.165, 1.54) is 49.9 Å². The molecular weight excluding hydrogens is 260 g/mol. The van der Waals surface area contributed by atoms with Crippen LogP contribution in [0.5, 0.6) is 0 Å². The Morgan fingerprint density at radius 3 is 3.05 bits per heavy atom. The molecule has 0 bridgehead atoms. The lowest BCUT2D eigenvalue weighted by atomic mass is 9.97. The lowest BCUT2D eigenvalue weighted by Gasteiger charge is -2.37. The molecule has 21 heavy (non-hydrogen) atoms. The molecule has 0 radical (unpaired) electrons. The highest BCUT2D eigenvalue weighted by Crippen LogP contribution is 2.30. The molecule has 1 aromatic carbocycles. The molecule has 2 aliphatic rings. The summed E-state index contributed by atoms with van der Waals surface area (Å²) in [5.41, 5.74) is 2.85. The molecule has 3 rings (SSSR count). The van der Waals surface area contributed by atoms with Crippen molar-refractivity contribution >= 4 is 0 Å². The predicted molar refractivity (Wildman–Crippen MR) is 86.3 cm³/mol. The number of unbranched alkanes of at least 4 members (excludes halogenated alkanes) is 1. The number of fused-ring (bicyclic) bond motifs is 1. The molecule has 2 atom stereocenters. The quantitative estimate of drug-likeness (QED) is 0.870. The zero-order valence-electron chi connectivity index (χ0n) is 13.2. The molecule has 1 aromatic rings. The zero-order chi connectivity index (χ0) is 14.5. The van der Waals surface area contributed by atoms with E-state index in [1.54, 1.807) is 0 Å². The molecule has 0 aliphatic carbocycles. The van der Waals surface area contributed by atoms with Crippen molar-refractivity contribution in [2.75, 3.05) is 26.2 Å². The van der Waals surface area contributed by atoms with Gasteiger partial charge in [-0.05, 0) is 43.5 Å². The van der Waals surface area contributed by atoms with E-state index < -0.39 is 0 Å². The zero-order valence-corrected chi connectivity index (χ0v) is 13.2. The maximum absolute atomic E-state index is 5.87. The van der Waals surface area contributed by atoms with E-state index in [2.05, 4.69) is 41.4 Å². The van der Waals surface area contributed by atoms with Crippen LogP contribution in [-0.4, -0.2) is 37.2 Å². The summed E-state index contributed by atoms with van der Waals surface area (Å²) < 4.78 is 5.87. The van der Waals surface area contributed by atoms with Gasteiger partial charge in [0.1, 0.15) is 0 Å². The van der Waals surface area contributed by atoms with E-state index in [4.69, 9.17) is 4.74 Å². The minimum Gasteiger partial charge on any atom is -0.375 e. The second-order valence-electron chi connectivity index (χ2n) is 6.37. The van der Waals surface area contributed by atoms with Gasteiger partial charge in [0.2, 0.25) is 0 Å². The summed E-state index contributed by atoms with van der Waals surface area (Å²) in [5, 5.41) is 3.64. The molecule has 1 fully saturated rings. The van der Waals surface area contributed by atoms with E-state index in [9.17, 15) is 0 Å². The van der Waals surface area contributed by atoms with E-state index in [0.717, 1.165) is 19.8 Å². The summed E-state index contributed by atoms with van der Waals surface area (Å²) in [7, 11) is 0. The van der Waals surface area contributed by atoms with Gasteiger partial charge in [0.15, 0.2) is 0 Å². The SMILES string of the molecule is CCCCN(CC1CCCN1)C1COCc2ccccc21. The largest absolute Gasteiger partial charge is 0.375 e. The van der Waals surface area contributed by atoms with Gasteiger partial charge in [-0.1, -0.05) is 37.6 Å². The summed E-state index contributed by atoms with van der Waals surface area (Å²) in [5.74, 6) is 0. The number of hydrogen-bond donors (Lipinski definition) is 1.